The van der Waals surface area contributed by atoms with Crippen LogP contribution in [-0.4, -0.2) is 0 Å². The topological polar surface area (TPSA) is 0 Å². The zero-order chi connectivity index (χ0) is 6.95. The maximum Gasteiger partial charge on any atom is 0 e. The minimum atomic E-state index is 0. The summed E-state index contributed by atoms with van der Waals surface area (Å²) in [5.74, 6) is 0. The van der Waals surface area contributed by atoms with Gasteiger partial charge in [-0.15, -0.1) is 0 Å². The van der Waals surface area contributed by atoms with Crippen LogP contribution in [0.1, 0.15) is 51.9 Å². The molecule has 0 heterocycles. The Hall–Kier alpha value is 0.688. The van der Waals surface area contributed by atoms with E-state index in [0.717, 1.165) is 6.42 Å². The van der Waals surface area contributed by atoms with Crippen molar-refractivity contribution in [2.24, 2.45) is 0 Å². The Morgan fingerprint density at radius 3 is 1.90 bits per heavy atom. The summed E-state index contributed by atoms with van der Waals surface area (Å²) < 4.78 is 0. The van der Waals surface area contributed by atoms with Crippen LogP contribution in [0, 0.1) is 6.92 Å². The molecule has 0 aromatic heterocycles. The quantitative estimate of drug-likeness (QED) is 0.656. The molecule has 10 heavy (non-hydrogen) atoms. The maximum absolute atomic E-state index is 3.80. The van der Waals surface area contributed by atoms with E-state index in [0.29, 0.717) is 0 Å². The number of unbranched alkanes of at least 4 members (excludes halogenated alkanes) is 6. The molecule has 0 atom stereocenters. The van der Waals surface area contributed by atoms with E-state index in [1.54, 1.807) is 0 Å². The van der Waals surface area contributed by atoms with Crippen LogP contribution in [0.4, 0.5) is 0 Å². The number of hydrogen-bond acceptors (Lipinski definition) is 0. The fraction of sp³-hybridized carbons (Fsp3) is 0.889. The van der Waals surface area contributed by atoms with Crippen molar-refractivity contribution in [2.75, 3.05) is 0 Å². The summed E-state index contributed by atoms with van der Waals surface area (Å²) in [6.45, 7) is 6.05. The number of hydrogen-bond donors (Lipinski definition) is 0. The molecule has 0 saturated heterocycles. The molecule has 0 spiro atoms. The van der Waals surface area contributed by atoms with Gasteiger partial charge in [0.1, 0.15) is 0 Å². The Balaban J connectivity index is 0. The summed E-state index contributed by atoms with van der Waals surface area (Å²) in [5.41, 5.74) is 0. The van der Waals surface area contributed by atoms with Gasteiger partial charge in [0, 0.05) is 21.1 Å². The Bertz CT molecular complexity index is 38.0. The normalized spacial score (nSPS) is 9.00. The van der Waals surface area contributed by atoms with E-state index in [9.17, 15) is 0 Å². The molecular weight excluding hydrogens is 303 g/mol. The molecule has 0 saturated carbocycles. The van der Waals surface area contributed by atoms with Gasteiger partial charge in [-0.3, -0.25) is 0 Å². The van der Waals surface area contributed by atoms with Gasteiger partial charge in [-0.2, -0.15) is 0 Å². The third kappa shape index (κ3) is 11.5. The zero-order valence-corrected chi connectivity index (χ0v) is 9.25. The summed E-state index contributed by atoms with van der Waals surface area (Å²) in [7, 11) is 0. The van der Waals surface area contributed by atoms with Crippen LogP contribution in [0.5, 0.6) is 0 Å². The second kappa shape index (κ2) is 12.4. The smallest absolute Gasteiger partial charge is 0 e. The van der Waals surface area contributed by atoms with Crippen molar-refractivity contribution in [1.82, 2.24) is 0 Å². The molecule has 0 N–H and O–H groups in total. The summed E-state index contributed by atoms with van der Waals surface area (Å²) in [5, 5.41) is 0. The van der Waals surface area contributed by atoms with Gasteiger partial charge in [0.25, 0.3) is 0 Å². The third-order valence-corrected chi connectivity index (χ3v) is 1.60. The molecule has 0 nitrogen and oxygen atoms in total. The van der Waals surface area contributed by atoms with Gasteiger partial charge < -0.3 is 0 Å². The molecule has 0 rings (SSSR count). The van der Waals surface area contributed by atoms with Crippen molar-refractivity contribution in [3.05, 3.63) is 6.92 Å². The van der Waals surface area contributed by atoms with Crippen molar-refractivity contribution < 1.29 is 21.1 Å². The van der Waals surface area contributed by atoms with Crippen LogP contribution < -0.4 is 0 Å². The van der Waals surface area contributed by atoms with E-state index in [2.05, 4.69) is 13.8 Å². The Labute approximate surface area is 80.0 Å². The van der Waals surface area contributed by atoms with Crippen LogP contribution in [-0.2, 0) is 21.1 Å². The summed E-state index contributed by atoms with van der Waals surface area (Å²) in [6.07, 6.45) is 9.45. The third-order valence-electron chi connectivity index (χ3n) is 1.60. The van der Waals surface area contributed by atoms with Crippen molar-refractivity contribution >= 4 is 0 Å². The van der Waals surface area contributed by atoms with E-state index in [1.807, 2.05) is 0 Å². The van der Waals surface area contributed by atoms with E-state index < -0.39 is 0 Å². The second-order valence-electron chi connectivity index (χ2n) is 2.62. The van der Waals surface area contributed by atoms with Gasteiger partial charge in [-0.05, 0) is 0 Å². The minimum Gasteiger partial charge on any atom is -0.0654 e. The van der Waals surface area contributed by atoms with Crippen LogP contribution in [0.15, 0.2) is 0 Å². The molecule has 0 bridgehead atoms. The maximum atomic E-state index is 3.80. The first-order chi connectivity index (χ1) is 4.41. The summed E-state index contributed by atoms with van der Waals surface area (Å²) >= 11 is 0. The monoisotopic (exact) mass is 322 g/mol. The van der Waals surface area contributed by atoms with Crippen molar-refractivity contribution in [2.45, 2.75) is 51.9 Å². The molecule has 0 aromatic rings. The molecule has 0 fully saturated rings. The Morgan fingerprint density at radius 2 is 1.40 bits per heavy atom. The molecule has 0 aromatic carbocycles. The molecule has 1 heteroatoms. The molecule has 1 radical (unpaired) electrons. The standard InChI is InChI=1S/C9H19.Pt/c1-3-5-7-9-8-6-4-2;/h1,3-9H2,2H3;. The van der Waals surface area contributed by atoms with Crippen LogP contribution in [0.25, 0.3) is 0 Å². The van der Waals surface area contributed by atoms with Crippen LogP contribution in [0.2, 0.25) is 0 Å². The van der Waals surface area contributed by atoms with Gasteiger partial charge in [0.15, 0.2) is 0 Å². The minimum absolute atomic E-state index is 0. The first-order valence-corrected chi connectivity index (χ1v) is 4.21. The molecule has 0 aliphatic rings. The second-order valence-corrected chi connectivity index (χ2v) is 2.62. The molecular formula is C9H19Pt. The van der Waals surface area contributed by atoms with Gasteiger partial charge in [0.2, 0.25) is 0 Å². The van der Waals surface area contributed by atoms with Gasteiger partial charge >= 0.3 is 0 Å². The van der Waals surface area contributed by atoms with Gasteiger partial charge in [-0.1, -0.05) is 58.8 Å². The van der Waals surface area contributed by atoms with Crippen molar-refractivity contribution in [3.63, 3.8) is 0 Å². The van der Waals surface area contributed by atoms with Crippen LogP contribution >= 0.6 is 0 Å². The van der Waals surface area contributed by atoms with Crippen molar-refractivity contribution in [1.29, 1.82) is 0 Å². The Kier molecular flexibility index (Phi) is 16.4. The van der Waals surface area contributed by atoms with E-state index >= 15 is 0 Å². The van der Waals surface area contributed by atoms with Gasteiger partial charge in [-0.25, -0.2) is 0 Å². The van der Waals surface area contributed by atoms with E-state index in [4.69, 9.17) is 0 Å². The predicted molar refractivity (Wildman–Crippen MR) is 43.4 cm³/mol. The first-order valence-electron chi connectivity index (χ1n) is 4.21. The molecule has 0 unspecified atom stereocenters. The zero-order valence-electron chi connectivity index (χ0n) is 6.97. The van der Waals surface area contributed by atoms with E-state index in [-0.39, 0.29) is 21.1 Å². The Morgan fingerprint density at radius 1 is 0.900 bits per heavy atom. The van der Waals surface area contributed by atoms with Crippen molar-refractivity contribution in [3.8, 4) is 0 Å². The first kappa shape index (κ1) is 13.3. The summed E-state index contributed by atoms with van der Waals surface area (Å²) in [6, 6.07) is 0. The predicted octanol–water partition coefficient (Wildman–Crippen LogP) is 3.57. The molecule has 0 aliphatic carbocycles. The molecule has 65 valence electrons. The SMILES string of the molecule is [CH2]CCCCCCCC.[Pt]. The fourth-order valence-corrected chi connectivity index (χ4v) is 0.957. The fourth-order valence-electron chi connectivity index (χ4n) is 0.957. The average molecular weight is 322 g/mol. The number of rotatable bonds is 6. The van der Waals surface area contributed by atoms with Gasteiger partial charge in [0.05, 0.1) is 0 Å². The molecule has 0 amide bonds. The van der Waals surface area contributed by atoms with E-state index in [1.165, 1.54) is 38.5 Å². The average Bonchev–Trinajstić information content (AvgIpc) is 1.89. The largest absolute Gasteiger partial charge is 0.0654 e. The van der Waals surface area contributed by atoms with Crippen LogP contribution in [0.3, 0.4) is 0 Å². The summed E-state index contributed by atoms with van der Waals surface area (Å²) in [4.78, 5) is 0. The molecule has 0 aliphatic heterocycles.